The van der Waals surface area contributed by atoms with Crippen LogP contribution in [0.3, 0.4) is 0 Å². The number of nitrogens with one attached hydrogen (secondary N) is 1. The summed E-state index contributed by atoms with van der Waals surface area (Å²) in [6, 6.07) is 5.02. The van der Waals surface area contributed by atoms with E-state index in [9.17, 15) is 8.42 Å². The molecule has 1 fully saturated rings. The van der Waals surface area contributed by atoms with Gasteiger partial charge in [0.1, 0.15) is 0 Å². The topological polar surface area (TPSA) is 81.4 Å². The van der Waals surface area contributed by atoms with Crippen LogP contribution in [0.1, 0.15) is 24.0 Å². The third kappa shape index (κ3) is 3.54. The molecule has 6 heteroatoms. The van der Waals surface area contributed by atoms with E-state index in [0.29, 0.717) is 24.7 Å². The molecule has 0 aromatic heterocycles. The van der Waals surface area contributed by atoms with Gasteiger partial charge < -0.3 is 10.5 Å². The average Bonchev–Trinajstić information content (AvgIpc) is 2.39. The Morgan fingerprint density at radius 3 is 2.63 bits per heavy atom. The first-order valence-corrected chi connectivity index (χ1v) is 7.91. The molecule has 106 valence electrons. The molecule has 0 saturated carbocycles. The smallest absolute Gasteiger partial charge is 0.240 e. The molecule has 0 amide bonds. The maximum absolute atomic E-state index is 12.3. The lowest BCUT2D eigenvalue weighted by Crippen LogP contribution is -2.38. The maximum Gasteiger partial charge on any atom is 0.240 e. The zero-order chi connectivity index (χ0) is 13.9. The molecule has 2 rings (SSSR count). The Labute approximate surface area is 114 Å². The van der Waals surface area contributed by atoms with E-state index in [2.05, 4.69) is 4.72 Å². The highest BCUT2D eigenvalue weighted by Gasteiger charge is 2.22. The second kappa shape index (κ2) is 6.00. The van der Waals surface area contributed by atoms with Crippen LogP contribution in [-0.2, 0) is 21.3 Å². The molecule has 0 aliphatic carbocycles. The minimum absolute atomic E-state index is 0.0340. The molecule has 1 aromatic rings. The SMILES string of the molecule is Cc1cc(S(=O)(=O)NC2CCOCC2)ccc1CN. The second-order valence-electron chi connectivity index (χ2n) is 4.80. The Morgan fingerprint density at radius 1 is 1.37 bits per heavy atom. The van der Waals surface area contributed by atoms with Gasteiger partial charge in [-0.25, -0.2) is 13.1 Å². The molecule has 5 nitrogen and oxygen atoms in total. The van der Waals surface area contributed by atoms with E-state index < -0.39 is 10.0 Å². The Morgan fingerprint density at radius 2 is 2.05 bits per heavy atom. The van der Waals surface area contributed by atoms with Gasteiger partial charge in [-0.2, -0.15) is 0 Å². The van der Waals surface area contributed by atoms with Crippen LogP contribution in [-0.4, -0.2) is 27.7 Å². The van der Waals surface area contributed by atoms with E-state index in [0.717, 1.165) is 24.0 Å². The van der Waals surface area contributed by atoms with Gasteiger partial charge in [0.15, 0.2) is 0 Å². The number of rotatable bonds is 4. The van der Waals surface area contributed by atoms with Gasteiger partial charge >= 0.3 is 0 Å². The monoisotopic (exact) mass is 284 g/mol. The Balaban J connectivity index is 2.16. The molecule has 0 bridgehead atoms. The normalized spacial score (nSPS) is 17.6. The number of ether oxygens (including phenoxy) is 1. The van der Waals surface area contributed by atoms with Gasteiger partial charge in [0.05, 0.1) is 4.90 Å². The van der Waals surface area contributed by atoms with Crippen LogP contribution in [0.4, 0.5) is 0 Å². The molecule has 3 N–H and O–H groups in total. The number of sulfonamides is 1. The highest BCUT2D eigenvalue weighted by Crippen LogP contribution is 2.17. The quantitative estimate of drug-likeness (QED) is 0.861. The predicted octanol–water partition coefficient (Wildman–Crippen LogP) is 0.911. The molecule has 0 unspecified atom stereocenters. The highest BCUT2D eigenvalue weighted by molar-refractivity contribution is 7.89. The number of hydrogen-bond acceptors (Lipinski definition) is 4. The summed E-state index contributed by atoms with van der Waals surface area (Å²) in [5.74, 6) is 0. The molecule has 1 aliphatic rings. The molecule has 0 atom stereocenters. The molecule has 0 spiro atoms. The Kier molecular flexibility index (Phi) is 4.57. The lowest BCUT2D eigenvalue weighted by atomic mass is 10.1. The largest absolute Gasteiger partial charge is 0.381 e. The first-order valence-electron chi connectivity index (χ1n) is 6.42. The van der Waals surface area contributed by atoms with Crippen molar-refractivity contribution in [2.75, 3.05) is 13.2 Å². The molecule has 1 heterocycles. The van der Waals surface area contributed by atoms with Crippen LogP contribution >= 0.6 is 0 Å². The molecular weight excluding hydrogens is 264 g/mol. The van der Waals surface area contributed by atoms with Gasteiger partial charge in [-0.05, 0) is 43.0 Å². The van der Waals surface area contributed by atoms with Gasteiger partial charge in [0.25, 0.3) is 0 Å². The summed E-state index contributed by atoms with van der Waals surface area (Å²) in [6.45, 7) is 3.51. The minimum Gasteiger partial charge on any atom is -0.381 e. The van der Waals surface area contributed by atoms with E-state index >= 15 is 0 Å². The van der Waals surface area contributed by atoms with Crippen molar-refractivity contribution in [2.45, 2.75) is 37.2 Å². The fourth-order valence-corrected chi connectivity index (χ4v) is 3.56. The van der Waals surface area contributed by atoms with Crippen LogP contribution in [0.5, 0.6) is 0 Å². The van der Waals surface area contributed by atoms with Gasteiger partial charge in [-0.15, -0.1) is 0 Å². The molecule has 1 aliphatic heterocycles. The predicted molar refractivity (Wildman–Crippen MR) is 73.2 cm³/mol. The first kappa shape index (κ1) is 14.5. The third-order valence-electron chi connectivity index (χ3n) is 3.39. The standard InChI is InChI=1S/C13H20N2O3S/c1-10-8-13(3-2-11(10)9-14)19(16,17)15-12-4-6-18-7-5-12/h2-3,8,12,15H,4-7,9,14H2,1H3. The van der Waals surface area contributed by atoms with Crippen molar-refractivity contribution in [1.29, 1.82) is 0 Å². The molecule has 19 heavy (non-hydrogen) atoms. The Bertz CT molecular complexity index is 537. The lowest BCUT2D eigenvalue weighted by molar-refractivity contribution is 0.0832. The average molecular weight is 284 g/mol. The molecule has 1 saturated heterocycles. The second-order valence-corrected chi connectivity index (χ2v) is 6.51. The fourth-order valence-electron chi connectivity index (χ4n) is 2.17. The number of nitrogens with two attached hydrogens (primary N) is 1. The van der Waals surface area contributed by atoms with Crippen molar-refractivity contribution >= 4 is 10.0 Å². The van der Waals surface area contributed by atoms with E-state index in [1.54, 1.807) is 18.2 Å². The van der Waals surface area contributed by atoms with Crippen molar-refractivity contribution in [3.05, 3.63) is 29.3 Å². The van der Waals surface area contributed by atoms with Crippen LogP contribution in [0.15, 0.2) is 23.1 Å². The van der Waals surface area contributed by atoms with E-state index in [-0.39, 0.29) is 6.04 Å². The zero-order valence-corrected chi connectivity index (χ0v) is 11.9. The van der Waals surface area contributed by atoms with Crippen molar-refractivity contribution in [3.63, 3.8) is 0 Å². The van der Waals surface area contributed by atoms with Crippen molar-refractivity contribution in [1.82, 2.24) is 4.72 Å². The first-order chi connectivity index (χ1) is 9.03. The summed E-state index contributed by atoms with van der Waals surface area (Å²) in [4.78, 5) is 0.300. The highest BCUT2D eigenvalue weighted by atomic mass is 32.2. The van der Waals surface area contributed by atoms with Crippen molar-refractivity contribution < 1.29 is 13.2 Å². The van der Waals surface area contributed by atoms with Gasteiger partial charge in [0.2, 0.25) is 10.0 Å². The summed E-state index contributed by atoms with van der Waals surface area (Å²) >= 11 is 0. The molecule has 1 aromatic carbocycles. The van der Waals surface area contributed by atoms with Crippen LogP contribution in [0.2, 0.25) is 0 Å². The van der Waals surface area contributed by atoms with Crippen molar-refractivity contribution in [2.24, 2.45) is 5.73 Å². The maximum atomic E-state index is 12.3. The summed E-state index contributed by atoms with van der Waals surface area (Å²) in [7, 11) is -3.45. The van der Waals surface area contributed by atoms with Crippen LogP contribution < -0.4 is 10.5 Å². The summed E-state index contributed by atoms with van der Waals surface area (Å²) in [6.07, 6.45) is 1.44. The Hall–Kier alpha value is -0.950. The van der Waals surface area contributed by atoms with E-state index in [1.807, 2.05) is 6.92 Å². The van der Waals surface area contributed by atoms with Gasteiger partial charge in [0, 0.05) is 25.8 Å². The fraction of sp³-hybridized carbons (Fsp3) is 0.538. The van der Waals surface area contributed by atoms with E-state index in [1.165, 1.54) is 0 Å². The summed E-state index contributed by atoms with van der Waals surface area (Å²) < 4.78 is 32.5. The number of hydrogen-bond donors (Lipinski definition) is 2. The minimum atomic E-state index is -3.45. The lowest BCUT2D eigenvalue weighted by Gasteiger charge is -2.23. The number of benzene rings is 1. The third-order valence-corrected chi connectivity index (χ3v) is 4.91. The van der Waals surface area contributed by atoms with Crippen LogP contribution in [0, 0.1) is 6.92 Å². The van der Waals surface area contributed by atoms with Gasteiger partial charge in [-0.3, -0.25) is 0 Å². The van der Waals surface area contributed by atoms with Gasteiger partial charge in [-0.1, -0.05) is 6.07 Å². The summed E-state index contributed by atoms with van der Waals surface area (Å²) in [5, 5.41) is 0. The molecule has 0 radical (unpaired) electrons. The van der Waals surface area contributed by atoms with Crippen LogP contribution in [0.25, 0.3) is 0 Å². The van der Waals surface area contributed by atoms with Crippen molar-refractivity contribution in [3.8, 4) is 0 Å². The summed E-state index contributed by atoms with van der Waals surface area (Å²) in [5.41, 5.74) is 7.44. The van der Waals surface area contributed by atoms with E-state index in [4.69, 9.17) is 10.5 Å². The molecular formula is C13H20N2O3S. The zero-order valence-electron chi connectivity index (χ0n) is 11.1. The number of aryl methyl sites for hydroxylation is 1.